The molecule has 0 aliphatic carbocycles. The van der Waals surface area contributed by atoms with Crippen molar-refractivity contribution in [2.75, 3.05) is 31.4 Å². The van der Waals surface area contributed by atoms with E-state index in [0.717, 1.165) is 17.8 Å². The molecule has 0 aliphatic rings. The van der Waals surface area contributed by atoms with E-state index in [2.05, 4.69) is 10.6 Å². The van der Waals surface area contributed by atoms with E-state index in [9.17, 15) is 14.4 Å². The van der Waals surface area contributed by atoms with Gasteiger partial charge in [-0.25, -0.2) is 14.8 Å². The Hall–Kier alpha value is -5.77. The number of hydrogen-bond acceptors (Lipinski definition) is 8. The first-order valence-electron chi connectivity index (χ1n) is 13.9. The molecule has 44 heavy (non-hydrogen) atoms. The summed E-state index contributed by atoms with van der Waals surface area (Å²) in [6.45, 7) is 4.64. The first kappa shape index (κ1) is 29.7. The van der Waals surface area contributed by atoms with Gasteiger partial charge in [-0.2, -0.15) is 0 Å². The number of aromatic nitrogens is 2. The second-order valence-corrected chi connectivity index (χ2v) is 9.78. The van der Waals surface area contributed by atoms with Gasteiger partial charge in [-0.1, -0.05) is 24.3 Å². The van der Waals surface area contributed by atoms with Crippen LogP contribution in [0.5, 0.6) is 5.75 Å². The number of nitrogens with zero attached hydrogens (tertiary/aromatic N) is 3. The molecule has 0 radical (unpaired) electrons. The number of hydrogen-bond donors (Lipinski definition) is 2. The van der Waals surface area contributed by atoms with Crippen LogP contribution in [0.4, 0.5) is 17.1 Å². The SMILES string of the molecule is CCNc1ccc(/N=C(\C(=O)Nc2ccccc2OC)c2nc3ccccc3c(=O)n2-c2ccc(C(=O)OC)cc2)c(C)c1. The van der Waals surface area contributed by atoms with Crippen LogP contribution in [0.25, 0.3) is 16.6 Å². The van der Waals surface area contributed by atoms with Crippen molar-refractivity contribution in [2.24, 2.45) is 4.99 Å². The minimum atomic E-state index is -0.605. The number of rotatable bonds is 9. The molecule has 222 valence electrons. The number of esters is 1. The van der Waals surface area contributed by atoms with Crippen LogP contribution in [0.3, 0.4) is 0 Å². The molecule has 0 fully saturated rings. The number of aliphatic imine (C=N–C) groups is 1. The molecule has 0 aliphatic heterocycles. The Kier molecular flexibility index (Phi) is 8.80. The standard InChI is InChI=1S/C34H31N5O5/c1-5-35-23-16-19-26(21(2)20-23)36-30(32(40)38-28-12-8-9-13-29(28)43-3)31-37-27-11-7-6-10-25(27)33(41)39(31)24-17-14-22(15-18-24)34(42)44-4/h6-20,35H,5H2,1-4H3,(H,38,40)/b36-30-. The van der Waals surface area contributed by atoms with E-state index in [0.29, 0.717) is 39.3 Å². The summed E-state index contributed by atoms with van der Waals surface area (Å²) < 4.78 is 11.6. The zero-order chi connectivity index (χ0) is 31.2. The van der Waals surface area contributed by atoms with Crippen molar-refractivity contribution < 1.29 is 19.1 Å². The lowest BCUT2D eigenvalue weighted by Gasteiger charge is -2.17. The fourth-order valence-corrected chi connectivity index (χ4v) is 4.74. The van der Waals surface area contributed by atoms with Crippen LogP contribution in [0.2, 0.25) is 0 Å². The molecule has 0 saturated carbocycles. The number of methoxy groups -OCH3 is 2. The molecule has 1 aromatic heterocycles. The average molecular weight is 590 g/mol. The monoisotopic (exact) mass is 589 g/mol. The molecular formula is C34H31N5O5. The molecule has 2 N–H and O–H groups in total. The lowest BCUT2D eigenvalue weighted by molar-refractivity contribution is -0.110. The third-order valence-corrected chi connectivity index (χ3v) is 6.91. The maximum absolute atomic E-state index is 14.2. The number of fused-ring (bicyclic) bond motifs is 1. The van der Waals surface area contributed by atoms with Gasteiger partial charge in [0.1, 0.15) is 5.75 Å². The molecule has 5 rings (SSSR count). The van der Waals surface area contributed by atoms with E-state index in [1.807, 2.05) is 26.0 Å². The van der Waals surface area contributed by atoms with E-state index in [1.54, 1.807) is 78.9 Å². The molecule has 10 heteroatoms. The summed E-state index contributed by atoms with van der Waals surface area (Å²) in [5.74, 6) is -0.654. The molecule has 0 spiro atoms. The summed E-state index contributed by atoms with van der Waals surface area (Å²) in [4.78, 5) is 49.9. The summed E-state index contributed by atoms with van der Waals surface area (Å²) in [7, 11) is 2.80. The normalized spacial score (nSPS) is 11.2. The van der Waals surface area contributed by atoms with Crippen LogP contribution in [-0.2, 0) is 9.53 Å². The summed E-state index contributed by atoms with van der Waals surface area (Å²) in [6.07, 6.45) is 0. The van der Waals surface area contributed by atoms with Gasteiger partial charge in [-0.05, 0) is 86.1 Å². The fourth-order valence-electron chi connectivity index (χ4n) is 4.74. The number of ether oxygens (including phenoxy) is 2. The number of para-hydroxylation sites is 3. The van der Waals surface area contributed by atoms with Gasteiger partial charge in [0.15, 0.2) is 11.5 Å². The Morgan fingerprint density at radius 1 is 0.932 bits per heavy atom. The maximum atomic E-state index is 14.2. The van der Waals surface area contributed by atoms with Crippen molar-refractivity contribution in [3.05, 3.63) is 118 Å². The molecule has 0 atom stereocenters. The Labute approximate surface area is 254 Å². The van der Waals surface area contributed by atoms with Crippen molar-refractivity contribution in [3.63, 3.8) is 0 Å². The van der Waals surface area contributed by atoms with E-state index in [-0.39, 0.29) is 11.5 Å². The van der Waals surface area contributed by atoms with E-state index < -0.39 is 17.4 Å². The van der Waals surface area contributed by atoms with Gasteiger partial charge < -0.3 is 20.1 Å². The van der Waals surface area contributed by atoms with Crippen LogP contribution in [-0.4, -0.2) is 47.9 Å². The van der Waals surface area contributed by atoms with Crippen molar-refractivity contribution in [2.45, 2.75) is 13.8 Å². The zero-order valence-electron chi connectivity index (χ0n) is 24.8. The molecule has 1 heterocycles. The number of anilines is 2. The quantitative estimate of drug-likeness (QED) is 0.167. The molecule has 10 nitrogen and oxygen atoms in total. The Bertz CT molecular complexity index is 1950. The third-order valence-electron chi connectivity index (χ3n) is 6.91. The summed E-state index contributed by atoms with van der Waals surface area (Å²) in [5.41, 5.74) is 3.23. The zero-order valence-corrected chi connectivity index (χ0v) is 24.8. The minimum absolute atomic E-state index is 0.0158. The maximum Gasteiger partial charge on any atom is 0.337 e. The number of benzene rings is 4. The Morgan fingerprint density at radius 3 is 2.36 bits per heavy atom. The highest BCUT2D eigenvalue weighted by atomic mass is 16.5. The second-order valence-electron chi connectivity index (χ2n) is 9.78. The number of carbonyl (C=O) groups is 2. The van der Waals surface area contributed by atoms with Crippen molar-refractivity contribution in [1.82, 2.24) is 9.55 Å². The van der Waals surface area contributed by atoms with Gasteiger partial charge in [-0.3, -0.25) is 14.2 Å². The fraction of sp³-hybridized carbons (Fsp3) is 0.147. The van der Waals surface area contributed by atoms with Crippen LogP contribution in [0.15, 0.2) is 101 Å². The minimum Gasteiger partial charge on any atom is -0.495 e. The number of nitrogens with one attached hydrogen (secondary N) is 2. The van der Waals surface area contributed by atoms with Crippen LogP contribution in [0.1, 0.15) is 28.7 Å². The second kappa shape index (κ2) is 13.0. The van der Waals surface area contributed by atoms with Crippen molar-refractivity contribution in [1.29, 1.82) is 0 Å². The van der Waals surface area contributed by atoms with E-state index in [4.69, 9.17) is 19.5 Å². The van der Waals surface area contributed by atoms with E-state index >= 15 is 0 Å². The van der Waals surface area contributed by atoms with Gasteiger partial charge >= 0.3 is 5.97 Å². The molecule has 1 amide bonds. The van der Waals surface area contributed by atoms with Gasteiger partial charge in [0.2, 0.25) is 0 Å². The predicted molar refractivity (Wildman–Crippen MR) is 172 cm³/mol. The van der Waals surface area contributed by atoms with Gasteiger partial charge in [0.05, 0.1) is 47.7 Å². The highest BCUT2D eigenvalue weighted by molar-refractivity contribution is 6.48. The highest BCUT2D eigenvalue weighted by Crippen LogP contribution is 2.27. The molecule has 5 aromatic rings. The van der Waals surface area contributed by atoms with Gasteiger partial charge in [0, 0.05) is 12.2 Å². The van der Waals surface area contributed by atoms with Gasteiger partial charge in [0.25, 0.3) is 11.5 Å². The number of carbonyl (C=O) groups excluding carboxylic acids is 2. The molecule has 4 aromatic carbocycles. The Balaban J connectivity index is 1.77. The number of amides is 1. The summed E-state index contributed by atoms with van der Waals surface area (Å²) >= 11 is 0. The van der Waals surface area contributed by atoms with Crippen LogP contribution >= 0.6 is 0 Å². The third kappa shape index (κ3) is 6.05. The number of aryl methyl sites for hydroxylation is 1. The largest absolute Gasteiger partial charge is 0.495 e. The summed E-state index contributed by atoms with van der Waals surface area (Å²) in [6, 6.07) is 25.8. The molecule has 0 bridgehead atoms. The van der Waals surface area contributed by atoms with Crippen molar-refractivity contribution in [3.8, 4) is 11.4 Å². The molecule has 0 unspecified atom stereocenters. The first-order chi connectivity index (χ1) is 21.3. The van der Waals surface area contributed by atoms with Crippen molar-refractivity contribution >= 4 is 45.6 Å². The van der Waals surface area contributed by atoms with Crippen LogP contribution < -0.4 is 20.9 Å². The molecular weight excluding hydrogens is 558 g/mol. The lowest BCUT2D eigenvalue weighted by atomic mass is 10.1. The Morgan fingerprint density at radius 2 is 1.66 bits per heavy atom. The lowest BCUT2D eigenvalue weighted by Crippen LogP contribution is -2.33. The first-order valence-corrected chi connectivity index (χ1v) is 13.9. The van der Waals surface area contributed by atoms with E-state index in [1.165, 1.54) is 18.8 Å². The summed E-state index contributed by atoms with van der Waals surface area (Å²) in [5, 5.41) is 6.51. The van der Waals surface area contributed by atoms with Crippen LogP contribution in [0, 0.1) is 6.92 Å². The van der Waals surface area contributed by atoms with Gasteiger partial charge in [-0.15, -0.1) is 0 Å². The topological polar surface area (TPSA) is 124 Å². The average Bonchev–Trinajstić information content (AvgIpc) is 3.04. The molecule has 0 saturated heterocycles. The smallest absolute Gasteiger partial charge is 0.337 e. The predicted octanol–water partition coefficient (Wildman–Crippen LogP) is 5.68. The highest BCUT2D eigenvalue weighted by Gasteiger charge is 2.25.